The average Bonchev–Trinajstić information content (AvgIpc) is 2.19. The highest BCUT2D eigenvalue weighted by molar-refractivity contribution is 6.31. The molecular formula is C10H10ClFN2. The number of hydrogen-bond acceptors (Lipinski definition) is 2. The van der Waals surface area contributed by atoms with Gasteiger partial charge in [0.15, 0.2) is 0 Å². The maximum atomic E-state index is 13.1. The summed E-state index contributed by atoms with van der Waals surface area (Å²) in [5.41, 5.74) is 3.07. The predicted molar refractivity (Wildman–Crippen MR) is 54.9 cm³/mol. The molecule has 0 aliphatic rings. The van der Waals surface area contributed by atoms with E-state index in [1.54, 1.807) is 12.1 Å². The van der Waals surface area contributed by atoms with E-state index in [4.69, 9.17) is 23.9 Å². The Balaban J connectivity index is 3.05. The predicted octanol–water partition coefficient (Wildman–Crippen LogP) is 2.01. The van der Waals surface area contributed by atoms with Crippen molar-refractivity contribution in [3.8, 4) is 12.3 Å². The van der Waals surface area contributed by atoms with Gasteiger partial charge in [-0.05, 0) is 11.6 Å². The first-order chi connectivity index (χ1) is 6.70. The maximum absolute atomic E-state index is 13.1. The minimum Gasteiger partial charge on any atom is -0.271 e. The van der Waals surface area contributed by atoms with Crippen molar-refractivity contribution < 1.29 is 4.39 Å². The number of nitrogens with two attached hydrogens (primary N) is 1. The van der Waals surface area contributed by atoms with Gasteiger partial charge in [-0.15, -0.1) is 12.3 Å². The Bertz CT molecular complexity index is 360. The molecule has 0 saturated carbocycles. The molecule has 3 N–H and O–H groups in total. The van der Waals surface area contributed by atoms with Crippen molar-refractivity contribution in [3.63, 3.8) is 0 Å². The van der Waals surface area contributed by atoms with Gasteiger partial charge in [0, 0.05) is 6.42 Å². The quantitative estimate of drug-likeness (QED) is 0.457. The molecule has 0 heterocycles. The van der Waals surface area contributed by atoms with Gasteiger partial charge < -0.3 is 0 Å². The molecule has 0 amide bonds. The number of benzene rings is 1. The first-order valence-electron chi connectivity index (χ1n) is 4.04. The Hall–Kier alpha value is -1.08. The van der Waals surface area contributed by atoms with Crippen LogP contribution in [0.1, 0.15) is 18.0 Å². The van der Waals surface area contributed by atoms with E-state index in [0.717, 1.165) is 0 Å². The minimum absolute atomic E-state index is 0.0608. The van der Waals surface area contributed by atoms with Gasteiger partial charge in [0.25, 0.3) is 0 Å². The van der Waals surface area contributed by atoms with Crippen molar-refractivity contribution in [3.05, 3.63) is 34.6 Å². The van der Waals surface area contributed by atoms with E-state index in [0.29, 0.717) is 12.0 Å². The zero-order chi connectivity index (χ0) is 10.6. The van der Waals surface area contributed by atoms with E-state index in [-0.39, 0.29) is 11.1 Å². The van der Waals surface area contributed by atoms with Crippen LogP contribution in [0.25, 0.3) is 0 Å². The van der Waals surface area contributed by atoms with Crippen LogP contribution in [0.4, 0.5) is 4.39 Å². The molecule has 0 aliphatic heterocycles. The molecule has 4 heteroatoms. The third-order valence-corrected chi connectivity index (χ3v) is 2.28. The van der Waals surface area contributed by atoms with E-state index in [1.165, 1.54) is 6.07 Å². The van der Waals surface area contributed by atoms with Crippen LogP contribution >= 0.6 is 11.6 Å². The topological polar surface area (TPSA) is 38.0 Å². The Morgan fingerprint density at radius 1 is 1.64 bits per heavy atom. The Morgan fingerprint density at radius 2 is 2.36 bits per heavy atom. The average molecular weight is 213 g/mol. The SMILES string of the molecule is C#CCC(NN)c1cccc(F)c1Cl. The molecule has 0 radical (unpaired) electrons. The second-order valence-corrected chi connectivity index (χ2v) is 3.15. The number of hydrogen-bond donors (Lipinski definition) is 2. The van der Waals surface area contributed by atoms with Gasteiger partial charge in [0.2, 0.25) is 0 Å². The molecule has 0 spiro atoms. The van der Waals surface area contributed by atoms with Crippen molar-refractivity contribution in [2.24, 2.45) is 5.84 Å². The van der Waals surface area contributed by atoms with Crippen LogP contribution in [0, 0.1) is 18.2 Å². The van der Waals surface area contributed by atoms with E-state index in [2.05, 4.69) is 11.3 Å². The Kier molecular flexibility index (Phi) is 3.90. The van der Waals surface area contributed by atoms with Crippen LogP contribution in [0.2, 0.25) is 5.02 Å². The van der Waals surface area contributed by atoms with E-state index < -0.39 is 5.82 Å². The molecule has 0 aromatic heterocycles. The highest BCUT2D eigenvalue weighted by Gasteiger charge is 2.14. The lowest BCUT2D eigenvalue weighted by molar-refractivity contribution is 0.559. The monoisotopic (exact) mass is 212 g/mol. The molecule has 0 fully saturated rings. The van der Waals surface area contributed by atoms with Crippen molar-refractivity contribution in [1.29, 1.82) is 0 Å². The van der Waals surface area contributed by atoms with Crippen LogP contribution in [-0.2, 0) is 0 Å². The number of nitrogens with one attached hydrogen (secondary N) is 1. The summed E-state index contributed by atoms with van der Waals surface area (Å²) in [5.74, 6) is 7.25. The molecule has 2 nitrogen and oxygen atoms in total. The highest BCUT2D eigenvalue weighted by atomic mass is 35.5. The van der Waals surface area contributed by atoms with Crippen molar-refractivity contribution in [1.82, 2.24) is 5.43 Å². The molecule has 1 atom stereocenters. The lowest BCUT2D eigenvalue weighted by atomic mass is 10.0. The molecule has 0 saturated heterocycles. The smallest absolute Gasteiger partial charge is 0.142 e. The summed E-state index contributed by atoms with van der Waals surface area (Å²) >= 11 is 5.76. The number of hydrazine groups is 1. The number of halogens is 2. The molecule has 14 heavy (non-hydrogen) atoms. The summed E-state index contributed by atoms with van der Waals surface area (Å²) in [4.78, 5) is 0. The Morgan fingerprint density at radius 3 is 2.93 bits per heavy atom. The van der Waals surface area contributed by atoms with Crippen molar-refractivity contribution in [2.75, 3.05) is 0 Å². The van der Waals surface area contributed by atoms with E-state index >= 15 is 0 Å². The summed E-state index contributed by atoms with van der Waals surface area (Å²) in [6.45, 7) is 0. The first-order valence-corrected chi connectivity index (χ1v) is 4.42. The van der Waals surface area contributed by atoms with Gasteiger partial charge in [-0.3, -0.25) is 11.3 Å². The second kappa shape index (κ2) is 4.97. The molecular weight excluding hydrogens is 203 g/mol. The molecule has 74 valence electrons. The number of terminal acetylenes is 1. The van der Waals surface area contributed by atoms with Gasteiger partial charge in [-0.2, -0.15) is 0 Å². The normalized spacial score (nSPS) is 12.1. The van der Waals surface area contributed by atoms with Crippen LogP contribution in [-0.4, -0.2) is 0 Å². The summed E-state index contributed by atoms with van der Waals surface area (Å²) in [6, 6.07) is 4.23. The largest absolute Gasteiger partial charge is 0.271 e. The van der Waals surface area contributed by atoms with Crippen LogP contribution in [0.5, 0.6) is 0 Å². The zero-order valence-electron chi connectivity index (χ0n) is 7.43. The molecule has 1 unspecified atom stereocenters. The van der Waals surface area contributed by atoms with Crippen LogP contribution < -0.4 is 11.3 Å². The molecule has 0 bridgehead atoms. The molecule has 1 rings (SSSR count). The fourth-order valence-electron chi connectivity index (χ4n) is 1.17. The van der Waals surface area contributed by atoms with E-state index in [1.807, 2.05) is 0 Å². The second-order valence-electron chi connectivity index (χ2n) is 2.77. The maximum Gasteiger partial charge on any atom is 0.142 e. The third-order valence-electron chi connectivity index (χ3n) is 1.88. The standard InChI is InChI=1S/C10H10ClFN2/c1-2-4-9(14-13)7-5-3-6-8(12)10(7)11/h1,3,5-6,9,14H,4,13H2. The highest BCUT2D eigenvalue weighted by Crippen LogP contribution is 2.26. The van der Waals surface area contributed by atoms with Gasteiger partial charge in [-0.1, -0.05) is 23.7 Å². The molecule has 1 aromatic rings. The Labute approximate surface area is 87.2 Å². The zero-order valence-corrected chi connectivity index (χ0v) is 8.18. The van der Waals surface area contributed by atoms with Crippen molar-refractivity contribution in [2.45, 2.75) is 12.5 Å². The van der Waals surface area contributed by atoms with Gasteiger partial charge in [-0.25, -0.2) is 4.39 Å². The fourth-order valence-corrected chi connectivity index (χ4v) is 1.42. The first kappa shape index (κ1) is 11.0. The van der Waals surface area contributed by atoms with Crippen LogP contribution in [0.15, 0.2) is 18.2 Å². The van der Waals surface area contributed by atoms with Gasteiger partial charge in [0.1, 0.15) is 5.82 Å². The van der Waals surface area contributed by atoms with Gasteiger partial charge in [0.05, 0.1) is 11.1 Å². The fraction of sp³-hybridized carbons (Fsp3) is 0.200. The molecule has 0 aliphatic carbocycles. The lowest BCUT2D eigenvalue weighted by Crippen LogP contribution is -2.28. The van der Waals surface area contributed by atoms with Crippen LogP contribution in [0.3, 0.4) is 0 Å². The van der Waals surface area contributed by atoms with Crippen molar-refractivity contribution >= 4 is 11.6 Å². The van der Waals surface area contributed by atoms with E-state index in [9.17, 15) is 4.39 Å². The number of rotatable bonds is 3. The van der Waals surface area contributed by atoms with Gasteiger partial charge >= 0.3 is 0 Å². The summed E-state index contributed by atoms with van der Waals surface area (Å²) < 4.78 is 13.1. The summed E-state index contributed by atoms with van der Waals surface area (Å²) in [5, 5.41) is 0.0608. The summed E-state index contributed by atoms with van der Waals surface area (Å²) in [7, 11) is 0. The summed E-state index contributed by atoms with van der Waals surface area (Å²) in [6.07, 6.45) is 5.51. The minimum atomic E-state index is -0.471. The third kappa shape index (κ3) is 2.24. The molecule has 1 aromatic carbocycles. The lowest BCUT2D eigenvalue weighted by Gasteiger charge is -2.14.